The summed E-state index contributed by atoms with van der Waals surface area (Å²) in [5, 5.41) is 22.1. The van der Waals surface area contributed by atoms with Crippen molar-refractivity contribution < 1.29 is 5.11 Å². The summed E-state index contributed by atoms with van der Waals surface area (Å²) in [4.78, 5) is 4.77. The number of aromatic nitrogens is 5. The Morgan fingerprint density at radius 2 is 2.23 bits per heavy atom. The number of hydrogen-bond donors (Lipinski definition) is 2. The second-order valence-electron chi connectivity index (χ2n) is 5.78. The Morgan fingerprint density at radius 1 is 1.32 bits per heavy atom. The lowest BCUT2D eigenvalue weighted by Crippen LogP contribution is -2.28. The molecule has 0 aromatic carbocycles. The molecule has 0 radical (unpaired) electrons. The monoisotopic (exact) mass is 298 g/mol. The molecule has 2 N–H and O–H groups in total. The summed E-state index contributed by atoms with van der Waals surface area (Å²) in [6, 6.07) is 1.73. The average molecular weight is 298 g/mol. The summed E-state index contributed by atoms with van der Waals surface area (Å²) in [5.74, 6) is 0.460. The Kier molecular flexibility index (Phi) is 3.07. The molecule has 0 saturated carbocycles. The minimum Gasteiger partial charge on any atom is -0.493 e. The number of aromatic hydroxyl groups is 1. The highest BCUT2D eigenvalue weighted by molar-refractivity contribution is 5.76. The van der Waals surface area contributed by atoms with Crippen LogP contribution in [-0.4, -0.2) is 42.6 Å². The van der Waals surface area contributed by atoms with Crippen LogP contribution in [0.4, 0.5) is 0 Å². The molecule has 1 aliphatic heterocycles. The molecule has 3 aromatic rings. The summed E-state index contributed by atoms with van der Waals surface area (Å²) in [6.07, 6.45) is 7.65. The summed E-state index contributed by atoms with van der Waals surface area (Å²) in [5.41, 5.74) is 3.42. The van der Waals surface area contributed by atoms with Gasteiger partial charge in [0.2, 0.25) is 5.88 Å². The highest BCUT2D eigenvalue weighted by Gasteiger charge is 2.20. The molecule has 22 heavy (non-hydrogen) atoms. The first-order valence-electron chi connectivity index (χ1n) is 7.50. The van der Waals surface area contributed by atoms with Crippen LogP contribution in [0.15, 0.2) is 24.7 Å². The maximum absolute atomic E-state index is 10.3. The van der Waals surface area contributed by atoms with Gasteiger partial charge in [-0.15, -0.1) is 0 Å². The van der Waals surface area contributed by atoms with Crippen molar-refractivity contribution in [3.8, 4) is 17.0 Å². The Morgan fingerprint density at radius 3 is 2.95 bits per heavy atom. The quantitative estimate of drug-likeness (QED) is 0.745. The first-order chi connectivity index (χ1) is 10.7. The molecule has 3 aromatic heterocycles. The lowest BCUT2D eigenvalue weighted by molar-refractivity contribution is 0.424. The van der Waals surface area contributed by atoms with E-state index in [1.54, 1.807) is 23.1 Å². The number of nitrogens with one attached hydrogen (secondary N) is 1. The van der Waals surface area contributed by atoms with Crippen LogP contribution in [0.25, 0.3) is 16.8 Å². The Hall–Kier alpha value is -2.41. The fourth-order valence-corrected chi connectivity index (χ4v) is 3.04. The van der Waals surface area contributed by atoms with Crippen molar-refractivity contribution in [3.05, 3.63) is 30.4 Å². The molecule has 1 aliphatic rings. The number of nitrogens with zero attached hydrogens (tertiary/aromatic N) is 5. The van der Waals surface area contributed by atoms with Gasteiger partial charge in [0.15, 0.2) is 5.65 Å². The van der Waals surface area contributed by atoms with Crippen molar-refractivity contribution >= 4 is 5.65 Å². The molecule has 1 atom stereocenters. The highest BCUT2D eigenvalue weighted by atomic mass is 16.3. The largest absolute Gasteiger partial charge is 0.493 e. The summed E-state index contributed by atoms with van der Waals surface area (Å²) < 4.78 is 3.22. The smallest absolute Gasteiger partial charge is 0.215 e. The number of aryl methyl sites for hydroxylation is 1. The van der Waals surface area contributed by atoms with Gasteiger partial charge in [0.25, 0.3) is 0 Å². The predicted octanol–water partition coefficient (Wildman–Crippen LogP) is 1.30. The van der Waals surface area contributed by atoms with Gasteiger partial charge in [0.1, 0.15) is 0 Å². The van der Waals surface area contributed by atoms with E-state index in [2.05, 4.69) is 15.5 Å². The van der Waals surface area contributed by atoms with E-state index < -0.39 is 0 Å². The van der Waals surface area contributed by atoms with E-state index in [4.69, 9.17) is 4.98 Å². The van der Waals surface area contributed by atoms with E-state index in [0.717, 1.165) is 42.8 Å². The molecule has 1 saturated heterocycles. The van der Waals surface area contributed by atoms with Crippen LogP contribution >= 0.6 is 0 Å². The molecule has 7 heteroatoms. The third-order valence-electron chi connectivity index (χ3n) is 4.20. The van der Waals surface area contributed by atoms with Crippen LogP contribution in [-0.2, 0) is 7.05 Å². The van der Waals surface area contributed by atoms with E-state index in [1.807, 2.05) is 13.2 Å². The van der Waals surface area contributed by atoms with Gasteiger partial charge in [-0.2, -0.15) is 14.7 Å². The van der Waals surface area contributed by atoms with E-state index in [0.29, 0.717) is 11.6 Å². The van der Waals surface area contributed by atoms with Crippen molar-refractivity contribution in [2.45, 2.75) is 18.8 Å². The third kappa shape index (κ3) is 2.14. The topological polar surface area (TPSA) is 80.3 Å². The van der Waals surface area contributed by atoms with Gasteiger partial charge >= 0.3 is 0 Å². The zero-order chi connectivity index (χ0) is 15.1. The van der Waals surface area contributed by atoms with Crippen LogP contribution in [0.1, 0.15) is 24.5 Å². The van der Waals surface area contributed by atoms with Crippen molar-refractivity contribution in [3.63, 3.8) is 0 Å². The average Bonchev–Trinajstić information content (AvgIpc) is 3.14. The van der Waals surface area contributed by atoms with E-state index in [1.165, 1.54) is 4.52 Å². The first kappa shape index (κ1) is 13.3. The van der Waals surface area contributed by atoms with Gasteiger partial charge in [-0.25, -0.2) is 4.98 Å². The van der Waals surface area contributed by atoms with Gasteiger partial charge in [-0.05, 0) is 19.4 Å². The van der Waals surface area contributed by atoms with Crippen LogP contribution in [0.2, 0.25) is 0 Å². The normalized spacial score (nSPS) is 18.9. The second kappa shape index (κ2) is 5.10. The molecular weight excluding hydrogens is 280 g/mol. The number of piperidine rings is 1. The molecule has 0 spiro atoms. The number of hydrogen-bond acceptors (Lipinski definition) is 5. The first-order valence-corrected chi connectivity index (χ1v) is 7.50. The Labute approximate surface area is 127 Å². The van der Waals surface area contributed by atoms with Crippen LogP contribution < -0.4 is 5.32 Å². The lowest BCUT2D eigenvalue weighted by atomic mass is 9.96. The number of rotatable bonds is 2. The maximum Gasteiger partial charge on any atom is 0.215 e. The summed E-state index contributed by atoms with van der Waals surface area (Å²) in [6.45, 7) is 1.96. The predicted molar refractivity (Wildman–Crippen MR) is 81.7 cm³/mol. The van der Waals surface area contributed by atoms with Crippen molar-refractivity contribution in [2.24, 2.45) is 7.05 Å². The zero-order valence-corrected chi connectivity index (χ0v) is 12.4. The Bertz CT molecular complexity index is 815. The fraction of sp³-hybridized carbons (Fsp3) is 0.400. The van der Waals surface area contributed by atoms with Crippen molar-refractivity contribution in [1.82, 2.24) is 29.7 Å². The van der Waals surface area contributed by atoms with Gasteiger partial charge in [-0.3, -0.25) is 4.68 Å². The molecule has 4 rings (SSSR count). The molecule has 7 nitrogen and oxygen atoms in total. The van der Waals surface area contributed by atoms with Crippen molar-refractivity contribution in [1.29, 1.82) is 0 Å². The van der Waals surface area contributed by atoms with Crippen LogP contribution in [0.3, 0.4) is 0 Å². The molecule has 114 valence electrons. The van der Waals surface area contributed by atoms with Crippen molar-refractivity contribution in [2.75, 3.05) is 13.1 Å². The minimum absolute atomic E-state index is 0.126. The summed E-state index contributed by atoms with van der Waals surface area (Å²) >= 11 is 0. The molecule has 0 aliphatic carbocycles. The third-order valence-corrected chi connectivity index (χ3v) is 4.20. The highest BCUT2D eigenvalue weighted by Crippen LogP contribution is 2.29. The van der Waals surface area contributed by atoms with Crippen LogP contribution in [0.5, 0.6) is 5.88 Å². The van der Waals surface area contributed by atoms with Gasteiger partial charge < -0.3 is 10.4 Å². The lowest BCUT2D eigenvalue weighted by Gasteiger charge is -2.22. The standard InChI is InChI=1S/C15H18N6O/c1-20-9-11(7-17-20)12-8-18-21-14(22)5-13(19-15(12)21)10-3-2-4-16-6-10/h5,7-10,16,22H,2-4,6H2,1H3. The summed E-state index contributed by atoms with van der Waals surface area (Å²) in [7, 11) is 1.87. The molecule has 1 fully saturated rings. The van der Waals surface area contributed by atoms with E-state index >= 15 is 0 Å². The second-order valence-corrected chi connectivity index (χ2v) is 5.78. The molecular formula is C15H18N6O. The molecule has 1 unspecified atom stereocenters. The van der Waals surface area contributed by atoms with Gasteiger partial charge in [0.05, 0.1) is 18.1 Å². The SMILES string of the molecule is Cn1cc(-c2cnn3c(O)cc(C4CCCNC4)nc23)cn1. The minimum atomic E-state index is 0.126. The zero-order valence-electron chi connectivity index (χ0n) is 12.4. The number of fused-ring (bicyclic) bond motifs is 1. The molecule has 0 bridgehead atoms. The Balaban J connectivity index is 1.84. The van der Waals surface area contributed by atoms with Gasteiger partial charge in [-0.1, -0.05) is 0 Å². The van der Waals surface area contributed by atoms with E-state index in [-0.39, 0.29) is 5.88 Å². The van der Waals surface area contributed by atoms with Gasteiger partial charge in [0, 0.05) is 42.9 Å². The maximum atomic E-state index is 10.3. The molecule has 0 amide bonds. The molecule has 4 heterocycles. The van der Waals surface area contributed by atoms with Crippen LogP contribution in [0, 0.1) is 0 Å². The van der Waals surface area contributed by atoms with E-state index in [9.17, 15) is 5.11 Å². The fourth-order valence-electron chi connectivity index (χ4n) is 3.04.